The number of ether oxygens (including phenoxy) is 2. The summed E-state index contributed by atoms with van der Waals surface area (Å²) in [6.45, 7) is 0.127. The summed E-state index contributed by atoms with van der Waals surface area (Å²) in [4.78, 5) is 10.7. The Labute approximate surface area is 162 Å². The van der Waals surface area contributed by atoms with E-state index in [1.54, 1.807) is 31.5 Å². The molecule has 7 nitrogen and oxygen atoms in total. The Morgan fingerprint density at radius 1 is 1.04 bits per heavy atom. The summed E-state index contributed by atoms with van der Waals surface area (Å²) in [5.74, 6) is 0.839. The number of nitro benzene ring substituents is 1. The van der Waals surface area contributed by atoms with Gasteiger partial charge >= 0.3 is 5.69 Å². The van der Waals surface area contributed by atoms with Crippen LogP contribution in [0.25, 0.3) is 0 Å². The molecule has 3 aromatic carbocycles. The van der Waals surface area contributed by atoms with Crippen molar-refractivity contribution >= 4 is 17.6 Å². The number of nitrogens with one attached hydrogen (secondary N) is 1. The van der Waals surface area contributed by atoms with Gasteiger partial charge in [0, 0.05) is 11.6 Å². The second kappa shape index (κ2) is 9.18. The maximum Gasteiger partial charge on any atom is 0.310 e. The maximum atomic E-state index is 11.1. The zero-order valence-corrected chi connectivity index (χ0v) is 15.2. The first-order valence-electron chi connectivity index (χ1n) is 8.54. The Hall–Kier alpha value is -3.87. The van der Waals surface area contributed by atoms with Gasteiger partial charge in [0.15, 0.2) is 5.75 Å². The van der Waals surface area contributed by atoms with Crippen LogP contribution in [0.2, 0.25) is 0 Å². The maximum absolute atomic E-state index is 11.1. The molecule has 0 radical (unpaired) electrons. The Balaban J connectivity index is 1.73. The number of nitrogens with zero attached hydrogens (tertiary/aromatic N) is 2. The molecule has 3 aromatic rings. The number of benzene rings is 3. The van der Waals surface area contributed by atoms with E-state index in [9.17, 15) is 10.1 Å². The molecular weight excluding hydrogens is 358 g/mol. The summed E-state index contributed by atoms with van der Waals surface area (Å²) in [7, 11) is 1.56. The van der Waals surface area contributed by atoms with Crippen LogP contribution in [0, 0.1) is 10.1 Å². The predicted molar refractivity (Wildman–Crippen MR) is 108 cm³/mol. The fourth-order valence-electron chi connectivity index (χ4n) is 2.57. The molecule has 0 fully saturated rings. The molecule has 142 valence electrons. The van der Waals surface area contributed by atoms with E-state index in [1.165, 1.54) is 6.07 Å². The molecule has 7 heteroatoms. The minimum Gasteiger partial charge on any atom is -0.496 e. The van der Waals surface area contributed by atoms with Crippen LogP contribution in [-0.4, -0.2) is 18.2 Å². The van der Waals surface area contributed by atoms with Crippen molar-refractivity contribution in [2.24, 2.45) is 5.10 Å². The minimum atomic E-state index is -0.467. The number of hydrazone groups is 1. The first kappa shape index (κ1) is 18.9. The van der Waals surface area contributed by atoms with Gasteiger partial charge in [-0.3, -0.25) is 15.5 Å². The zero-order valence-electron chi connectivity index (χ0n) is 15.2. The van der Waals surface area contributed by atoms with Crippen LogP contribution >= 0.6 is 0 Å². The number of para-hydroxylation sites is 3. The molecule has 0 heterocycles. The monoisotopic (exact) mass is 377 g/mol. The summed E-state index contributed by atoms with van der Waals surface area (Å²) in [5.41, 5.74) is 5.35. The third kappa shape index (κ3) is 4.85. The molecule has 0 unspecified atom stereocenters. The van der Waals surface area contributed by atoms with E-state index in [1.807, 2.05) is 48.5 Å². The largest absolute Gasteiger partial charge is 0.496 e. The Morgan fingerprint density at radius 3 is 2.54 bits per heavy atom. The average molecular weight is 377 g/mol. The molecule has 0 spiro atoms. The van der Waals surface area contributed by atoms with Crippen molar-refractivity contribution in [2.75, 3.05) is 12.5 Å². The van der Waals surface area contributed by atoms with E-state index in [0.717, 1.165) is 16.8 Å². The summed E-state index contributed by atoms with van der Waals surface area (Å²) >= 11 is 0. The lowest BCUT2D eigenvalue weighted by Crippen LogP contribution is -2.02. The molecule has 0 aliphatic rings. The minimum absolute atomic E-state index is 0.0776. The Bertz CT molecular complexity index is 974. The summed E-state index contributed by atoms with van der Waals surface area (Å²) in [6.07, 6.45) is 1.68. The third-order valence-electron chi connectivity index (χ3n) is 3.93. The highest BCUT2D eigenvalue weighted by atomic mass is 16.6. The number of rotatable bonds is 8. The molecule has 1 N–H and O–H groups in total. The normalized spacial score (nSPS) is 10.6. The van der Waals surface area contributed by atoms with Crippen LogP contribution < -0.4 is 14.9 Å². The smallest absolute Gasteiger partial charge is 0.310 e. The van der Waals surface area contributed by atoms with Gasteiger partial charge in [0.2, 0.25) is 0 Å². The Morgan fingerprint density at radius 2 is 1.79 bits per heavy atom. The number of hydrogen-bond acceptors (Lipinski definition) is 6. The average Bonchev–Trinajstić information content (AvgIpc) is 2.73. The van der Waals surface area contributed by atoms with Gasteiger partial charge in [-0.15, -0.1) is 0 Å². The molecule has 0 amide bonds. The van der Waals surface area contributed by atoms with Crippen molar-refractivity contribution in [3.05, 3.63) is 94.0 Å². The molecule has 28 heavy (non-hydrogen) atoms. The highest BCUT2D eigenvalue weighted by Crippen LogP contribution is 2.28. The van der Waals surface area contributed by atoms with E-state index in [4.69, 9.17) is 9.47 Å². The third-order valence-corrected chi connectivity index (χ3v) is 3.93. The van der Waals surface area contributed by atoms with Gasteiger partial charge in [-0.2, -0.15) is 5.10 Å². The van der Waals surface area contributed by atoms with Gasteiger partial charge in [0.25, 0.3) is 0 Å². The van der Waals surface area contributed by atoms with Crippen molar-refractivity contribution in [3.8, 4) is 11.5 Å². The number of nitro groups is 1. The summed E-state index contributed by atoms with van der Waals surface area (Å²) in [5, 5.41) is 15.3. The second-order valence-corrected chi connectivity index (χ2v) is 5.82. The lowest BCUT2D eigenvalue weighted by molar-refractivity contribution is -0.385. The van der Waals surface area contributed by atoms with Crippen LogP contribution in [-0.2, 0) is 6.61 Å². The number of methoxy groups -OCH3 is 1. The fourth-order valence-corrected chi connectivity index (χ4v) is 2.57. The second-order valence-electron chi connectivity index (χ2n) is 5.82. The van der Waals surface area contributed by atoms with Crippen LogP contribution in [0.1, 0.15) is 11.1 Å². The molecule has 3 rings (SSSR count). The molecule has 0 atom stereocenters. The van der Waals surface area contributed by atoms with Gasteiger partial charge in [0.1, 0.15) is 12.4 Å². The number of hydrogen-bond donors (Lipinski definition) is 1. The standard InChI is InChI=1S/C21H19N3O4/c1-27-20-12-11-16(14-22-23-18-7-3-2-4-8-18)13-17(20)15-28-21-10-6-5-9-19(21)24(25)26/h2-14,23H,15H2,1H3. The van der Waals surface area contributed by atoms with Crippen molar-refractivity contribution < 1.29 is 14.4 Å². The first-order chi connectivity index (χ1) is 13.7. The molecule has 0 saturated heterocycles. The molecule has 0 saturated carbocycles. The van der Waals surface area contributed by atoms with Gasteiger partial charge in [0.05, 0.1) is 23.9 Å². The molecule has 0 bridgehead atoms. The van der Waals surface area contributed by atoms with E-state index in [0.29, 0.717) is 5.75 Å². The van der Waals surface area contributed by atoms with E-state index in [-0.39, 0.29) is 18.0 Å². The van der Waals surface area contributed by atoms with Crippen LogP contribution in [0.5, 0.6) is 11.5 Å². The van der Waals surface area contributed by atoms with Gasteiger partial charge in [-0.05, 0) is 42.0 Å². The zero-order chi connectivity index (χ0) is 19.8. The van der Waals surface area contributed by atoms with Gasteiger partial charge in [-0.25, -0.2) is 0 Å². The van der Waals surface area contributed by atoms with E-state index < -0.39 is 4.92 Å². The lowest BCUT2D eigenvalue weighted by Gasteiger charge is -2.11. The van der Waals surface area contributed by atoms with Crippen molar-refractivity contribution in [1.82, 2.24) is 0 Å². The molecular formula is C21H19N3O4. The lowest BCUT2D eigenvalue weighted by atomic mass is 10.1. The van der Waals surface area contributed by atoms with Crippen LogP contribution in [0.3, 0.4) is 0 Å². The van der Waals surface area contributed by atoms with Crippen molar-refractivity contribution in [2.45, 2.75) is 6.61 Å². The fraction of sp³-hybridized carbons (Fsp3) is 0.0952. The topological polar surface area (TPSA) is 86.0 Å². The SMILES string of the molecule is COc1ccc(C=NNc2ccccc2)cc1COc1ccccc1[N+](=O)[O-]. The highest BCUT2D eigenvalue weighted by molar-refractivity contribution is 5.81. The predicted octanol–water partition coefficient (Wildman–Crippen LogP) is 4.63. The number of anilines is 1. The van der Waals surface area contributed by atoms with Crippen molar-refractivity contribution in [1.29, 1.82) is 0 Å². The molecule has 0 aliphatic carbocycles. The van der Waals surface area contributed by atoms with Gasteiger partial charge in [-0.1, -0.05) is 30.3 Å². The Kier molecular flexibility index (Phi) is 6.20. The first-order valence-corrected chi connectivity index (χ1v) is 8.54. The van der Waals surface area contributed by atoms with Crippen molar-refractivity contribution in [3.63, 3.8) is 0 Å². The summed E-state index contributed by atoms with van der Waals surface area (Å²) in [6, 6.07) is 21.4. The molecule has 0 aliphatic heterocycles. The molecule has 0 aromatic heterocycles. The highest BCUT2D eigenvalue weighted by Gasteiger charge is 2.14. The quantitative estimate of drug-likeness (QED) is 0.351. The van der Waals surface area contributed by atoms with E-state index >= 15 is 0 Å². The van der Waals surface area contributed by atoms with Crippen LogP contribution in [0.15, 0.2) is 77.9 Å². The van der Waals surface area contributed by atoms with Gasteiger partial charge < -0.3 is 9.47 Å². The van der Waals surface area contributed by atoms with E-state index in [2.05, 4.69) is 10.5 Å². The summed E-state index contributed by atoms with van der Waals surface area (Å²) < 4.78 is 11.0. The van der Waals surface area contributed by atoms with Crippen LogP contribution in [0.4, 0.5) is 11.4 Å².